The van der Waals surface area contributed by atoms with Crippen LogP contribution in [0.3, 0.4) is 0 Å². The molecule has 25 heavy (non-hydrogen) atoms. The summed E-state index contributed by atoms with van der Waals surface area (Å²) in [6.45, 7) is 11.1. The quantitative estimate of drug-likeness (QED) is 0.483. The number of aliphatic carboxylic acids is 3. The number of carbonyl (C=O) groups excluding carboxylic acids is 3. The Morgan fingerprint density at radius 3 is 0.640 bits per heavy atom. The third-order valence-corrected chi connectivity index (χ3v) is 3.96. The molecule has 0 rings (SSSR count). The predicted octanol–water partition coefficient (Wildman–Crippen LogP) is 0.137. The summed E-state index contributed by atoms with van der Waals surface area (Å²) in [6, 6.07) is 0. The molecule has 0 aliphatic rings. The predicted molar refractivity (Wildman–Crippen MR) is 93.0 cm³/mol. The van der Waals surface area contributed by atoms with E-state index in [1.54, 1.807) is 0 Å². The van der Waals surface area contributed by atoms with E-state index in [2.05, 4.69) is 0 Å². The van der Waals surface area contributed by atoms with E-state index in [1.807, 2.05) is 41.5 Å². The molecular weight excluding hydrogens is 427 g/mol. The zero-order chi connectivity index (χ0) is 19.7. The fraction of sp³-hybridized carbons (Fsp3) is 0.833. The summed E-state index contributed by atoms with van der Waals surface area (Å²) >= 11 is 0. The third kappa shape index (κ3) is 19.5. The molecule has 0 saturated carbocycles. The van der Waals surface area contributed by atoms with E-state index >= 15 is 0 Å². The molecule has 0 fully saturated rings. The second-order valence-corrected chi connectivity index (χ2v) is 5.50. The summed E-state index contributed by atoms with van der Waals surface area (Å²) in [5.41, 5.74) is 0. The minimum atomic E-state index is -0.921. The van der Waals surface area contributed by atoms with Crippen LogP contribution in [-0.4, -0.2) is 43.8 Å². The van der Waals surface area contributed by atoms with Gasteiger partial charge in [0.2, 0.25) is 0 Å². The van der Waals surface area contributed by atoms with Gasteiger partial charge in [0.15, 0.2) is 0 Å². The van der Waals surface area contributed by atoms with Crippen LogP contribution in [0.5, 0.6) is 0 Å². The summed E-state index contributed by atoms with van der Waals surface area (Å²) in [6.07, 6.45) is 4.08. The average molecular weight is 460 g/mol. The van der Waals surface area contributed by atoms with E-state index in [1.165, 1.54) is 0 Å². The van der Waals surface area contributed by atoms with Gasteiger partial charge in [0.25, 0.3) is 0 Å². The number of hydrogen-bond donors (Lipinski definition) is 0. The molecule has 0 saturated heterocycles. The van der Waals surface area contributed by atoms with E-state index < -0.39 is 17.9 Å². The number of rotatable bonds is 9. The number of carboxylic acid groups (broad SMARTS) is 3. The summed E-state index contributed by atoms with van der Waals surface area (Å²) in [7, 11) is 0. The van der Waals surface area contributed by atoms with Gasteiger partial charge in [-0.25, -0.2) is 0 Å². The molecular formula is C18H33InO6. The molecule has 0 spiro atoms. The van der Waals surface area contributed by atoms with Crippen LogP contribution in [0.15, 0.2) is 0 Å². The molecule has 7 heteroatoms. The van der Waals surface area contributed by atoms with Gasteiger partial charge >= 0.3 is 25.8 Å². The Bertz CT molecular complexity index is 282. The Morgan fingerprint density at radius 2 is 0.640 bits per heavy atom. The van der Waals surface area contributed by atoms with Gasteiger partial charge in [-0.2, -0.15) is 0 Å². The molecule has 0 aromatic heterocycles. The first-order chi connectivity index (χ1) is 11.2. The van der Waals surface area contributed by atoms with Crippen molar-refractivity contribution in [1.82, 2.24) is 0 Å². The molecule has 144 valence electrons. The van der Waals surface area contributed by atoms with Gasteiger partial charge in [0, 0.05) is 17.9 Å². The summed E-state index contributed by atoms with van der Waals surface area (Å²) in [5, 5.41) is 30.2. The minimum Gasteiger partial charge on any atom is -0.550 e. The molecule has 0 N–H and O–H groups in total. The molecule has 0 aliphatic heterocycles. The zero-order valence-corrected chi connectivity index (χ0v) is 19.8. The topological polar surface area (TPSA) is 120 Å². The SMILES string of the molecule is CCC(CC)C(=O)[O-].CCC(CC)C(=O)[O-].CCC(CC)C(=O)[O-].[In+3]. The first-order valence-electron chi connectivity index (χ1n) is 8.78. The smallest absolute Gasteiger partial charge is 0.550 e. The second-order valence-electron chi connectivity index (χ2n) is 5.50. The van der Waals surface area contributed by atoms with Crippen LogP contribution in [-0.2, 0) is 14.4 Å². The van der Waals surface area contributed by atoms with Gasteiger partial charge in [0.1, 0.15) is 0 Å². The Kier molecular flexibility index (Phi) is 27.3. The van der Waals surface area contributed by atoms with Crippen LogP contribution in [0.4, 0.5) is 0 Å². The number of carbonyl (C=O) groups is 3. The van der Waals surface area contributed by atoms with Crippen LogP contribution < -0.4 is 15.3 Å². The first-order valence-corrected chi connectivity index (χ1v) is 8.78. The first kappa shape index (κ1) is 32.0. The van der Waals surface area contributed by atoms with Gasteiger partial charge in [-0.15, -0.1) is 0 Å². The van der Waals surface area contributed by atoms with Gasteiger partial charge in [0.05, 0.1) is 0 Å². The Labute approximate surface area is 171 Å². The number of hydrogen-bond acceptors (Lipinski definition) is 6. The van der Waals surface area contributed by atoms with Crippen LogP contribution >= 0.6 is 0 Å². The largest absolute Gasteiger partial charge is 3.00 e. The molecule has 0 unspecified atom stereocenters. The van der Waals surface area contributed by atoms with Crippen molar-refractivity contribution in [2.45, 2.75) is 80.1 Å². The van der Waals surface area contributed by atoms with E-state index in [0.29, 0.717) is 38.5 Å². The Morgan fingerprint density at radius 1 is 0.520 bits per heavy atom. The van der Waals surface area contributed by atoms with Crippen molar-refractivity contribution < 1.29 is 29.7 Å². The second kappa shape index (κ2) is 21.3. The van der Waals surface area contributed by atoms with Crippen molar-refractivity contribution in [2.75, 3.05) is 0 Å². The van der Waals surface area contributed by atoms with Crippen molar-refractivity contribution in [3.05, 3.63) is 0 Å². The molecule has 0 amide bonds. The standard InChI is InChI=1S/3C6H12O2.In/c3*1-3-5(4-2)6(7)8;/h3*5H,3-4H2,1-2H3,(H,7,8);/q;;;+3/p-3. The maximum Gasteiger partial charge on any atom is 3.00 e. The normalized spacial score (nSPS) is 9.48. The zero-order valence-electron chi connectivity index (χ0n) is 16.5. The van der Waals surface area contributed by atoms with Gasteiger partial charge in [-0.1, -0.05) is 41.5 Å². The van der Waals surface area contributed by atoms with Crippen LogP contribution in [0, 0.1) is 17.8 Å². The molecule has 0 radical (unpaired) electrons. The van der Waals surface area contributed by atoms with E-state index in [-0.39, 0.29) is 43.6 Å². The summed E-state index contributed by atoms with van der Waals surface area (Å²) < 4.78 is 0. The molecule has 0 aromatic rings. The molecule has 0 aromatic carbocycles. The van der Waals surface area contributed by atoms with Crippen molar-refractivity contribution in [3.63, 3.8) is 0 Å². The maximum absolute atomic E-state index is 10.1. The Hall–Kier alpha value is -0.720. The van der Waals surface area contributed by atoms with Gasteiger partial charge in [-0.05, 0) is 56.3 Å². The van der Waals surface area contributed by atoms with Crippen molar-refractivity contribution in [1.29, 1.82) is 0 Å². The molecule has 0 atom stereocenters. The van der Waals surface area contributed by atoms with Gasteiger partial charge < -0.3 is 29.7 Å². The molecule has 0 bridgehead atoms. The van der Waals surface area contributed by atoms with E-state index in [4.69, 9.17) is 0 Å². The average Bonchev–Trinajstić information content (AvgIpc) is 2.51. The minimum absolute atomic E-state index is 0. The maximum atomic E-state index is 10.1. The third-order valence-electron chi connectivity index (χ3n) is 3.96. The van der Waals surface area contributed by atoms with Crippen molar-refractivity contribution in [3.8, 4) is 0 Å². The summed E-state index contributed by atoms with van der Waals surface area (Å²) in [5.74, 6) is -3.49. The summed E-state index contributed by atoms with van der Waals surface area (Å²) in [4.78, 5) is 30.2. The fourth-order valence-corrected chi connectivity index (χ4v) is 1.87. The van der Waals surface area contributed by atoms with Crippen molar-refractivity contribution >= 4 is 43.8 Å². The monoisotopic (exact) mass is 460 g/mol. The van der Waals surface area contributed by atoms with E-state index in [9.17, 15) is 29.7 Å². The van der Waals surface area contributed by atoms with Gasteiger partial charge in [-0.3, -0.25) is 0 Å². The van der Waals surface area contributed by atoms with Crippen LogP contribution in [0.2, 0.25) is 0 Å². The Balaban J connectivity index is -0.000000130. The van der Waals surface area contributed by atoms with Crippen LogP contribution in [0.1, 0.15) is 80.1 Å². The van der Waals surface area contributed by atoms with E-state index in [0.717, 1.165) is 0 Å². The molecule has 0 heterocycles. The van der Waals surface area contributed by atoms with Crippen LogP contribution in [0.25, 0.3) is 0 Å². The van der Waals surface area contributed by atoms with Crippen molar-refractivity contribution in [2.24, 2.45) is 17.8 Å². The molecule has 6 nitrogen and oxygen atoms in total. The number of carboxylic acids is 3. The molecule has 0 aliphatic carbocycles. The fourth-order valence-electron chi connectivity index (χ4n) is 1.87.